The summed E-state index contributed by atoms with van der Waals surface area (Å²) in [6, 6.07) is 12.1. The molecule has 0 aliphatic carbocycles. The zero-order valence-corrected chi connectivity index (χ0v) is 16.9. The fourth-order valence-corrected chi connectivity index (χ4v) is 4.60. The highest BCUT2D eigenvalue weighted by molar-refractivity contribution is 7.49. The summed E-state index contributed by atoms with van der Waals surface area (Å²) in [6.45, 7) is 4.34. The van der Waals surface area contributed by atoms with Crippen molar-refractivity contribution in [3.8, 4) is 17.2 Å². The van der Waals surface area contributed by atoms with Crippen LogP contribution in [0.1, 0.15) is 25.8 Å². The Morgan fingerprint density at radius 3 is 2.36 bits per heavy atom. The normalized spacial score (nSPS) is 13.7. The minimum atomic E-state index is -0.224. The van der Waals surface area contributed by atoms with Gasteiger partial charge in [0.2, 0.25) is 0 Å². The Hall–Kier alpha value is -1.93. The van der Waals surface area contributed by atoms with Gasteiger partial charge in [0.15, 0.2) is 11.5 Å². The number of phenolic OH excluding ortho intramolecular Hbond substituents is 1. The van der Waals surface area contributed by atoms with Crippen molar-refractivity contribution in [2.24, 2.45) is 0 Å². The average Bonchev–Trinajstić information content (AvgIpc) is 2.62. The largest absolute Gasteiger partial charge is 0.504 e. The van der Waals surface area contributed by atoms with Crippen LogP contribution < -0.4 is 19.7 Å². The van der Waals surface area contributed by atoms with Crippen LogP contribution in [-0.2, 0) is 5.16 Å². The molecule has 0 bridgehead atoms. The third kappa shape index (κ3) is 4.01. The molecule has 0 aliphatic heterocycles. The third-order valence-electron chi connectivity index (χ3n) is 4.60. The monoisotopic (exact) mass is 361 g/mol. The molecule has 2 rings (SSSR count). The summed E-state index contributed by atoms with van der Waals surface area (Å²) in [5.41, 5.74) is 2.06. The molecule has 136 valence electrons. The van der Waals surface area contributed by atoms with Crippen LogP contribution >= 0.6 is 8.58 Å². The van der Waals surface area contributed by atoms with E-state index in [1.807, 2.05) is 6.07 Å². The summed E-state index contributed by atoms with van der Waals surface area (Å²) in [6.07, 6.45) is 0.886. The molecule has 1 N–H and O–H groups in total. The molecule has 25 heavy (non-hydrogen) atoms. The minimum absolute atomic E-state index is 0.197. The van der Waals surface area contributed by atoms with Gasteiger partial charge in [0, 0.05) is 36.6 Å². The van der Waals surface area contributed by atoms with Crippen LogP contribution in [0.4, 0.5) is 5.69 Å². The van der Waals surface area contributed by atoms with Gasteiger partial charge < -0.3 is 19.5 Å². The van der Waals surface area contributed by atoms with Gasteiger partial charge in [-0.3, -0.25) is 0 Å². The van der Waals surface area contributed by atoms with Crippen LogP contribution in [0.3, 0.4) is 0 Å². The van der Waals surface area contributed by atoms with Crippen LogP contribution in [0.5, 0.6) is 17.2 Å². The lowest BCUT2D eigenvalue weighted by Gasteiger charge is -2.32. The molecule has 0 radical (unpaired) electrons. The predicted molar refractivity (Wildman–Crippen MR) is 108 cm³/mol. The molecule has 2 aromatic rings. The summed E-state index contributed by atoms with van der Waals surface area (Å²) in [5.74, 6) is 1.33. The quantitative estimate of drug-likeness (QED) is 0.754. The summed E-state index contributed by atoms with van der Waals surface area (Å²) in [7, 11) is 7.79. The molecule has 0 aromatic heterocycles. The Kier molecular flexibility index (Phi) is 6.18. The maximum absolute atomic E-state index is 10.7. The standard InChI is InChI=1S/C20H28NO3P/c1-7-20(2,25-18-11-9-8-10-16(18)21(3)4)15-12-14(23-5)13-17(24-6)19(15)22/h8-13,22,25H,7H2,1-6H3. The van der Waals surface area contributed by atoms with E-state index in [0.29, 0.717) is 20.1 Å². The molecule has 0 aliphatic rings. The number of hydrogen-bond acceptors (Lipinski definition) is 4. The molecule has 4 nitrogen and oxygen atoms in total. The number of phenols is 1. The first-order valence-electron chi connectivity index (χ1n) is 8.36. The second-order valence-electron chi connectivity index (χ2n) is 6.45. The van der Waals surface area contributed by atoms with Gasteiger partial charge in [0.05, 0.1) is 14.2 Å². The molecule has 2 unspecified atom stereocenters. The Morgan fingerprint density at radius 2 is 1.80 bits per heavy atom. The van der Waals surface area contributed by atoms with Crippen molar-refractivity contribution in [3.63, 3.8) is 0 Å². The van der Waals surface area contributed by atoms with Crippen LogP contribution in [0.15, 0.2) is 36.4 Å². The number of nitrogens with zero attached hydrogens (tertiary/aromatic N) is 1. The number of aromatic hydroxyl groups is 1. The molecular formula is C20H28NO3P. The van der Waals surface area contributed by atoms with Crippen molar-refractivity contribution in [1.29, 1.82) is 0 Å². The van der Waals surface area contributed by atoms with Gasteiger partial charge in [-0.05, 0) is 23.9 Å². The molecule has 2 aromatic carbocycles. The van der Waals surface area contributed by atoms with Crippen LogP contribution in [-0.4, -0.2) is 33.4 Å². The molecule has 0 amide bonds. The number of para-hydroxylation sites is 1. The van der Waals surface area contributed by atoms with E-state index in [9.17, 15) is 5.11 Å². The van der Waals surface area contributed by atoms with Gasteiger partial charge in [-0.15, -0.1) is 0 Å². The highest BCUT2D eigenvalue weighted by Gasteiger charge is 2.31. The van der Waals surface area contributed by atoms with Crippen molar-refractivity contribution in [3.05, 3.63) is 42.0 Å². The van der Waals surface area contributed by atoms with Crippen LogP contribution in [0, 0.1) is 0 Å². The maximum atomic E-state index is 10.7. The van der Waals surface area contributed by atoms with Gasteiger partial charge in [-0.1, -0.05) is 40.6 Å². The van der Waals surface area contributed by atoms with Crippen LogP contribution in [0.25, 0.3) is 0 Å². The summed E-state index contributed by atoms with van der Waals surface area (Å²) >= 11 is 0. The molecule has 0 saturated heterocycles. The van der Waals surface area contributed by atoms with E-state index in [0.717, 1.165) is 12.0 Å². The number of methoxy groups -OCH3 is 2. The Morgan fingerprint density at radius 1 is 1.12 bits per heavy atom. The van der Waals surface area contributed by atoms with E-state index in [2.05, 4.69) is 57.1 Å². The van der Waals surface area contributed by atoms with Gasteiger partial charge in [-0.25, -0.2) is 0 Å². The van der Waals surface area contributed by atoms with Crippen molar-refractivity contribution < 1.29 is 14.6 Å². The van der Waals surface area contributed by atoms with Gasteiger partial charge in [-0.2, -0.15) is 0 Å². The van der Waals surface area contributed by atoms with Gasteiger partial charge in [0.25, 0.3) is 0 Å². The second-order valence-corrected chi connectivity index (χ2v) is 8.34. The molecular weight excluding hydrogens is 333 g/mol. The first kappa shape index (κ1) is 19.4. The Balaban J connectivity index is 2.55. The lowest BCUT2D eigenvalue weighted by Crippen LogP contribution is -2.22. The first-order valence-corrected chi connectivity index (χ1v) is 9.36. The molecule has 0 fully saturated rings. The van der Waals surface area contributed by atoms with E-state index in [-0.39, 0.29) is 10.9 Å². The van der Waals surface area contributed by atoms with E-state index < -0.39 is 0 Å². The summed E-state index contributed by atoms with van der Waals surface area (Å²) in [4.78, 5) is 2.13. The fourth-order valence-electron chi connectivity index (χ4n) is 2.89. The smallest absolute Gasteiger partial charge is 0.164 e. The highest BCUT2D eigenvalue weighted by atomic mass is 31.1. The van der Waals surface area contributed by atoms with Crippen molar-refractivity contribution in [2.45, 2.75) is 25.4 Å². The zero-order valence-electron chi connectivity index (χ0n) is 15.9. The van der Waals surface area contributed by atoms with E-state index in [1.54, 1.807) is 20.3 Å². The van der Waals surface area contributed by atoms with Gasteiger partial charge in [0.1, 0.15) is 5.75 Å². The molecule has 2 atom stereocenters. The van der Waals surface area contributed by atoms with E-state index in [4.69, 9.17) is 9.47 Å². The second kappa shape index (κ2) is 7.97. The molecule has 0 saturated carbocycles. The molecule has 0 spiro atoms. The van der Waals surface area contributed by atoms with Crippen molar-refractivity contribution in [1.82, 2.24) is 0 Å². The molecule has 5 heteroatoms. The van der Waals surface area contributed by atoms with Gasteiger partial charge >= 0.3 is 0 Å². The van der Waals surface area contributed by atoms with Crippen molar-refractivity contribution in [2.75, 3.05) is 33.2 Å². The highest BCUT2D eigenvalue weighted by Crippen LogP contribution is 2.51. The number of hydrogen-bond donors (Lipinski definition) is 1. The number of benzene rings is 2. The third-order valence-corrected chi connectivity index (χ3v) is 6.47. The topological polar surface area (TPSA) is 41.9 Å². The SMILES string of the molecule is CCC(C)(Pc1ccccc1N(C)C)c1cc(OC)cc(OC)c1O. The average molecular weight is 361 g/mol. The van der Waals surface area contributed by atoms with Crippen molar-refractivity contribution >= 4 is 19.6 Å². The number of anilines is 1. The Labute approximate surface area is 152 Å². The summed E-state index contributed by atoms with van der Waals surface area (Å²) < 4.78 is 10.8. The number of ether oxygens (including phenoxy) is 2. The van der Waals surface area contributed by atoms with Crippen LogP contribution in [0.2, 0.25) is 0 Å². The maximum Gasteiger partial charge on any atom is 0.164 e. The first-order chi connectivity index (χ1) is 11.9. The Bertz CT molecular complexity index is 733. The fraction of sp³-hybridized carbons (Fsp3) is 0.400. The lowest BCUT2D eigenvalue weighted by atomic mass is 9.95. The minimum Gasteiger partial charge on any atom is -0.504 e. The predicted octanol–water partition coefficient (Wildman–Crippen LogP) is 4.10. The summed E-state index contributed by atoms with van der Waals surface area (Å²) in [5, 5.41) is 11.8. The lowest BCUT2D eigenvalue weighted by molar-refractivity contribution is 0.357. The zero-order chi connectivity index (χ0) is 18.6. The van der Waals surface area contributed by atoms with E-state index >= 15 is 0 Å². The number of rotatable bonds is 7. The van der Waals surface area contributed by atoms with E-state index in [1.165, 1.54) is 11.0 Å². The molecule has 0 heterocycles.